The number of rotatable bonds is 7. The minimum Gasteiger partial charge on any atom is -0.337 e. The van der Waals surface area contributed by atoms with Crippen molar-refractivity contribution < 1.29 is 4.79 Å². The van der Waals surface area contributed by atoms with Crippen LogP contribution < -0.4 is 0 Å². The summed E-state index contributed by atoms with van der Waals surface area (Å²) < 4.78 is 1.71. The average molecular weight is 445 g/mol. The second-order valence-electron chi connectivity index (χ2n) is 9.57. The van der Waals surface area contributed by atoms with E-state index < -0.39 is 0 Å². The first kappa shape index (κ1) is 23.2. The number of nitrogens with zero attached hydrogens (tertiary/aromatic N) is 4. The number of amides is 1. The Morgan fingerprint density at radius 3 is 2.30 bits per heavy atom. The number of likely N-dealkylation sites (tertiary alicyclic amines) is 1. The van der Waals surface area contributed by atoms with Crippen LogP contribution in [0, 0.1) is 19.8 Å². The standard InChI is InChI=1S/C28H36N4O/c1-21-10-12-24(13-11-21)20-32-16-14-25(15-17-32)26(19-23-8-6-5-7-9-23)30(3)28(33)27-18-22(2)29-31(27)4/h5-13,18,25-26H,14-17,19-20H2,1-4H3/t26-/m0/s1. The Bertz CT molecular complexity index is 1050. The second kappa shape index (κ2) is 10.3. The van der Waals surface area contributed by atoms with Crippen LogP contribution in [-0.2, 0) is 20.0 Å². The number of piperidine rings is 1. The van der Waals surface area contributed by atoms with Gasteiger partial charge >= 0.3 is 0 Å². The lowest BCUT2D eigenvalue weighted by Gasteiger charge is -2.40. The van der Waals surface area contributed by atoms with E-state index in [0.717, 1.165) is 44.6 Å². The Morgan fingerprint density at radius 1 is 1.03 bits per heavy atom. The third kappa shape index (κ3) is 5.72. The lowest BCUT2D eigenvalue weighted by Crippen LogP contribution is -2.47. The smallest absolute Gasteiger partial charge is 0.272 e. The Morgan fingerprint density at radius 2 is 1.70 bits per heavy atom. The molecule has 1 amide bonds. The molecule has 3 aromatic rings. The number of benzene rings is 2. The van der Waals surface area contributed by atoms with E-state index in [2.05, 4.69) is 71.5 Å². The summed E-state index contributed by atoms with van der Waals surface area (Å²) in [5.74, 6) is 0.531. The maximum atomic E-state index is 13.4. The van der Waals surface area contributed by atoms with E-state index in [1.807, 2.05) is 32.0 Å². The predicted octanol–water partition coefficient (Wildman–Crippen LogP) is 4.63. The third-order valence-corrected chi connectivity index (χ3v) is 7.03. The van der Waals surface area contributed by atoms with Crippen molar-refractivity contribution in [3.8, 4) is 0 Å². The molecule has 0 aliphatic carbocycles. The summed E-state index contributed by atoms with van der Waals surface area (Å²) in [5, 5.41) is 4.39. The zero-order valence-corrected chi connectivity index (χ0v) is 20.4. The van der Waals surface area contributed by atoms with Crippen molar-refractivity contribution in [1.82, 2.24) is 19.6 Å². The molecule has 0 spiro atoms. The van der Waals surface area contributed by atoms with Crippen molar-refractivity contribution in [2.75, 3.05) is 20.1 Å². The minimum atomic E-state index is 0.0566. The third-order valence-electron chi connectivity index (χ3n) is 7.03. The number of hydrogen-bond donors (Lipinski definition) is 0. The second-order valence-corrected chi connectivity index (χ2v) is 9.57. The van der Waals surface area contributed by atoms with E-state index >= 15 is 0 Å². The minimum absolute atomic E-state index is 0.0566. The van der Waals surface area contributed by atoms with Crippen LogP contribution in [0.2, 0.25) is 0 Å². The molecule has 33 heavy (non-hydrogen) atoms. The maximum Gasteiger partial charge on any atom is 0.272 e. The summed E-state index contributed by atoms with van der Waals surface area (Å²) >= 11 is 0. The molecule has 1 aromatic heterocycles. The first-order chi connectivity index (χ1) is 15.9. The van der Waals surface area contributed by atoms with Gasteiger partial charge in [0.2, 0.25) is 0 Å². The Balaban J connectivity index is 1.47. The zero-order valence-electron chi connectivity index (χ0n) is 20.4. The van der Waals surface area contributed by atoms with Gasteiger partial charge in [0, 0.05) is 26.7 Å². The lowest BCUT2D eigenvalue weighted by atomic mass is 9.84. The molecule has 0 radical (unpaired) electrons. The quantitative estimate of drug-likeness (QED) is 0.533. The molecule has 5 nitrogen and oxygen atoms in total. The van der Waals surface area contributed by atoms with Crippen molar-refractivity contribution in [3.63, 3.8) is 0 Å². The summed E-state index contributed by atoms with van der Waals surface area (Å²) in [7, 11) is 3.82. The largest absolute Gasteiger partial charge is 0.337 e. The first-order valence-electron chi connectivity index (χ1n) is 12.0. The highest BCUT2D eigenvalue weighted by atomic mass is 16.2. The number of carbonyl (C=O) groups excluding carboxylic acids is 1. The van der Waals surface area contributed by atoms with Gasteiger partial charge in [-0.25, -0.2) is 0 Å². The Hall–Kier alpha value is -2.92. The van der Waals surface area contributed by atoms with Crippen molar-refractivity contribution in [3.05, 3.63) is 88.7 Å². The molecule has 2 aromatic carbocycles. The average Bonchev–Trinajstić information content (AvgIpc) is 3.17. The van der Waals surface area contributed by atoms with Crippen LogP contribution in [0.5, 0.6) is 0 Å². The molecule has 2 heterocycles. The van der Waals surface area contributed by atoms with Gasteiger partial charge < -0.3 is 4.90 Å². The van der Waals surface area contributed by atoms with Crippen LogP contribution in [0.15, 0.2) is 60.7 Å². The molecule has 0 bridgehead atoms. The van der Waals surface area contributed by atoms with Crippen molar-refractivity contribution in [2.24, 2.45) is 13.0 Å². The number of carbonyl (C=O) groups is 1. The summed E-state index contributed by atoms with van der Waals surface area (Å²) in [6.07, 6.45) is 3.08. The maximum absolute atomic E-state index is 13.4. The van der Waals surface area contributed by atoms with Gasteiger partial charge in [0.1, 0.15) is 5.69 Å². The Labute approximate surface area is 198 Å². The van der Waals surface area contributed by atoms with E-state index in [9.17, 15) is 4.79 Å². The van der Waals surface area contributed by atoms with Crippen LogP contribution in [0.4, 0.5) is 0 Å². The zero-order chi connectivity index (χ0) is 23.4. The molecular formula is C28H36N4O. The summed E-state index contributed by atoms with van der Waals surface area (Å²) in [6, 6.07) is 21.5. The topological polar surface area (TPSA) is 41.4 Å². The molecule has 1 aliphatic rings. The van der Waals surface area contributed by atoms with Crippen LogP contribution in [0.25, 0.3) is 0 Å². The molecule has 4 rings (SSSR count). The van der Waals surface area contributed by atoms with Gasteiger partial charge in [-0.05, 0) is 69.3 Å². The SMILES string of the molecule is Cc1ccc(CN2CCC([C@H](Cc3ccccc3)N(C)C(=O)c3cc(C)nn3C)CC2)cc1. The summed E-state index contributed by atoms with van der Waals surface area (Å²) in [4.78, 5) is 18.0. The normalized spacial score (nSPS) is 16.0. The van der Waals surface area contributed by atoms with E-state index in [1.54, 1.807) is 4.68 Å². The fourth-order valence-corrected chi connectivity index (χ4v) is 5.06. The van der Waals surface area contributed by atoms with E-state index in [0.29, 0.717) is 11.6 Å². The van der Waals surface area contributed by atoms with Crippen molar-refractivity contribution in [2.45, 2.75) is 45.7 Å². The number of aryl methyl sites for hydroxylation is 3. The van der Waals surface area contributed by atoms with Crippen LogP contribution in [0.3, 0.4) is 0 Å². The van der Waals surface area contributed by atoms with Gasteiger partial charge in [0.15, 0.2) is 0 Å². The van der Waals surface area contributed by atoms with Crippen LogP contribution in [-0.4, -0.2) is 51.7 Å². The fraction of sp³-hybridized carbons (Fsp3) is 0.429. The monoisotopic (exact) mass is 444 g/mol. The predicted molar refractivity (Wildman–Crippen MR) is 133 cm³/mol. The number of hydrogen-bond acceptors (Lipinski definition) is 3. The number of likely N-dealkylation sites (N-methyl/N-ethyl adjacent to an activating group) is 1. The van der Waals surface area contributed by atoms with E-state index in [4.69, 9.17) is 0 Å². The molecule has 1 atom stereocenters. The van der Waals surface area contributed by atoms with Crippen LogP contribution >= 0.6 is 0 Å². The van der Waals surface area contributed by atoms with E-state index in [-0.39, 0.29) is 11.9 Å². The summed E-state index contributed by atoms with van der Waals surface area (Å²) in [6.45, 7) is 7.20. The first-order valence-corrected chi connectivity index (χ1v) is 12.0. The Kier molecular flexibility index (Phi) is 7.29. The van der Waals surface area contributed by atoms with Gasteiger partial charge in [-0.15, -0.1) is 0 Å². The molecule has 0 saturated carbocycles. The van der Waals surface area contributed by atoms with Gasteiger partial charge in [0.25, 0.3) is 5.91 Å². The molecule has 174 valence electrons. The molecule has 0 unspecified atom stereocenters. The molecule has 1 aliphatic heterocycles. The van der Waals surface area contributed by atoms with Gasteiger partial charge in [-0.2, -0.15) is 5.10 Å². The lowest BCUT2D eigenvalue weighted by molar-refractivity contribution is 0.0575. The highest BCUT2D eigenvalue weighted by Crippen LogP contribution is 2.28. The molecule has 1 fully saturated rings. The van der Waals surface area contributed by atoms with Crippen molar-refractivity contribution in [1.29, 1.82) is 0 Å². The van der Waals surface area contributed by atoms with Gasteiger partial charge in [-0.1, -0.05) is 60.2 Å². The molecule has 1 saturated heterocycles. The molecule has 5 heteroatoms. The fourth-order valence-electron chi connectivity index (χ4n) is 5.06. The molecular weight excluding hydrogens is 408 g/mol. The van der Waals surface area contributed by atoms with Gasteiger partial charge in [0.05, 0.1) is 5.69 Å². The van der Waals surface area contributed by atoms with E-state index in [1.165, 1.54) is 16.7 Å². The van der Waals surface area contributed by atoms with Crippen LogP contribution in [0.1, 0.15) is 45.7 Å². The summed E-state index contributed by atoms with van der Waals surface area (Å²) in [5.41, 5.74) is 5.49. The molecule has 0 N–H and O–H groups in total. The number of aromatic nitrogens is 2. The van der Waals surface area contributed by atoms with Crippen molar-refractivity contribution >= 4 is 5.91 Å². The van der Waals surface area contributed by atoms with Gasteiger partial charge in [-0.3, -0.25) is 14.4 Å². The highest BCUT2D eigenvalue weighted by molar-refractivity contribution is 5.92. The highest BCUT2D eigenvalue weighted by Gasteiger charge is 2.32.